The van der Waals surface area contributed by atoms with E-state index in [4.69, 9.17) is 0 Å². The van der Waals surface area contributed by atoms with Gasteiger partial charge >= 0.3 is 0 Å². The van der Waals surface area contributed by atoms with E-state index < -0.39 is 0 Å². The number of amides is 1. The molecule has 0 fully saturated rings. The van der Waals surface area contributed by atoms with Crippen LogP contribution in [-0.2, 0) is 0 Å². The van der Waals surface area contributed by atoms with Crippen molar-refractivity contribution >= 4 is 17.7 Å². The van der Waals surface area contributed by atoms with Crippen molar-refractivity contribution in [2.45, 2.75) is 11.8 Å². The molecule has 0 spiro atoms. The van der Waals surface area contributed by atoms with Crippen molar-refractivity contribution in [2.75, 3.05) is 12.3 Å². The van der Waals surface area contributed by atoms with E-state index in [0.717, 1.165) is 28.3 Å². The van der Waals surface area contributed by atoms with E-state index in [0.29, 0.717) is 0 Å². The average Bonchev–Trinajstić information content (AvgIpc) is 2.29. The molecule has 1 heterocycles. The smallest absolute Gasteiger partial charge is 0.252 e. The zero-order valence-electron chi connectivity index (χ0n) is 7.46. The van der Waals surface area contributed by atoms with Crippen LogP contribution >= 0.6 is 11.8 Å². The molecule has 1 aliphatic heterocycles. The van der Waals surface area contributed by atoms with Gasteiger partial charge in [0, 0.05) is 17.2 Å². The quantitative estimate of drug-likeness (QED) is 0.681. The van der Waals surface area contributed by atoms with Gasteiger partial charge in [-0.3, -0.25) is 4.79 Å². The van der Waals surface area contributed by atoms with Crippen molar-refractivity contribution in [1.82, 2.24) is 5.32 Å². The number of thioether (sulfide) groups is 1. The Hall–Kier alpha value is -0.960. The number of hydrogen-bond acceptors (Lipinski definition) is 2. The molecule has 1 amide bonds. The maximum atomic E-state index is 11.5. The molecule has 0 aliphatic carbocycles. The number of nitrogens with one attached hydrogen (secondary N) is 1. The topological polar surface area (TPSA) is 29.1 Å². The Morgan fingerprint density at radius 3 is 3.15 bits per heavy atom. The van der Waals surface area contributed by atoms with Crippen molar-refractivity contribution in [2.24, 2.45) is 0 Å². The van der Waals surface area contributed by atoms with Crippen LogP contribution in [0.25, 0.3) is 0 Å². The molecule has 1 aromatic rings. The van der Waals surface area contributed by atoms with Crippen molar-refractivity contribution in [3.05, 3.63) is 29.3 Å². The third-order valence-electron chi connectivity index (χ3n) is 2.02. The molecule has 68 valence electrons. The van der Waals surface area contributed by atoms with Gasteiger partial charge in [0.25, 0.3) is 5.91 Å². The Kier molecular flexibility index (Phi) is 2.27. The molecule has 0 radical (unpaired) electrons. The van der Waals surface area contributed by atoms with Crippen LogP contribution < -0.4 is 5.32 Å². The number of carbonyl (C=O) groups is 1. The molecule has 2 nitrogen and oxygen atoms in total. The molecule has 13 heavy (non-hydrogen) atoms. The van der Waals surface area contributed by atoms with Gasteiger partial charge in [-0.25, -0.2) is 0 Å². The number of carbonyl (C=O) groups excluding carboxylic acids is 1. The van der Waals surface area contributed by atoms with Gasteiger partial charge in [0.15, 0.2) is 0 Å². The lowest BCUT2D eigenvalue weighted by Gasteiger charge is -2.03. The summed E-state index contributed by atoms with van der Waals surface area (Å²) in [7, 11) is 0. The van der Waals surface area contributed by atoms with Crippen LogP contribution in [0, 0.1) is 6.92 Å². The van der Waals surface area contributed by atoms with Gasteiger partial charge in [0.2, 0.25) is 0 Å². The van der Waals surface area contributed by atoms with Crippen molar-refractivity contribution in [3.8, 4) is 0 Å². The fourth-order valence-corrected chi connectivity index (χ4v) is 2.26. The number of aryl methyl sites for hydroxylation is 1. The Bertz CT molecular complexity index is 349. The first-order chi connectivity index (χ1) is 6.27. The second-order valence-electron chi connectivity index (χ2n) is 3.10. The minimum atomic E-state index is 0.0590. The minimum Gasteiger partial charge on any atom is -0.351 e. The van der Waals surface area contributed by atoms with Gasteiger partial charge in [-0.05, 0) is 19.1 Å². The summed E-state index contributed by atoms with van der Waals surface area (Å²) in [4.78, 5) is 12.6. The highest BCUT2D eigenvalue weighted by molar-refractivity contribution is 7.99. The SMILES string of the molecule is Cc1ccc2c(c1)C(=O)NCCS2. The van der Waals surface area contributed by atoms with E-state index in [1.54, 1.807) is 11.8 Å². The summed E-state index contributed by atoms with van der Waals surface area (Å²) in [6.45, 7) is 2.76. The molecule has 0 aromatic heterocycles. The number of fused-ring (bicyclic) bond motifs is 1. The predicted molar refractivity (Wildman–Crippen MR) is 54.2 cm³/mol. The standard InChI is InChI=1S/C10H11NOS/c1-7-2-3-9-8(6-7)10(12)11-4-5-13-9/h2-3,6H,4-5H2,1H3,(H,11,12). The van der Waals surface area contributed by atoms with Gasteiger partial charge in [0.1, 0.15) is 0 Å². The van der Waals surface area contributed by atoms with Gasteiger partial charge in [-0.1, -0.05) is 11.6 Å². The van der Waals surface area contributed by atoms with Gasteiger partial charge < -0.3 is 5.32 Å². The molecule has 0 saturated heterocycles. The first-order valence-electron chi connectivity index (χ1n) is 4.29. The first-order valence-corrected chi connectivity index (χ1v) is 5.27. The van der Waals surface area contributed by atoms with Gasteiger partial charge in [-0.15, -0.1) is 11.8 Å². The molecule has 1 aromatic carbocycles. The lowest BCUT2D eigenvalue weighted by molar-refractivity contribution is 0.0954. The average molecular weight is 193 g/mol. The van der Waals surface area contributed by atoms with Gasteiger partial charge in [-0.2, -0.15) is 0 Å². The van der Waals surface area contributed by atoms with E-state index in [1.807, 2.05) is 25.1 Å². The summed E-state index contributed by atoms with van der Waals surface area (Å²) >= 11 is 1.74. The summed E-state index contributed by atoms with van der Waals surface area (Å²) in [5.41, 5.74) is 1.96. The fraction of sp³-hybridized carbons (Fsp3) is 0.300. The van der Waals surface area contributed by atoms with E-state index in [-0.39, 0.29) is 5.91 Å². The molecule has 3 heteroatoms. The van der Waals surface area contributed by atoms with Crippen molar-refractivity contribution < 1.29 is 4.79 Å². The number of benzene rings is 1. The third kappa shape index (κ3) is 1.70. The molecule has 2 rings (SSSR count). The summed E-state index contributed by atoms with van der Waals surface area (Å²) in [5.74, 6) is 1.02. The van der Waals surface area contributed by atoms with Crippen LogP contribution in [0.3, 0.4) is 0 Å². The largest absolute Gasteiger partial charge is 0.351 e. The maximum absolute atomic E-state index is 11.5. The fourth-order valence-electron chi connectivity index (χ4n) is 1.37. The minimum absolute atomic E-state index is 0.0590. The zero-order chi connectivity index (χ0) is 9.26. The van der Waals surface area contributed by atoms with Crippen LogP contribution in [0.1, 0.15) is 15.9 Å². The van der Waals surface area contributed by atoms with Crippen LogP contribution in [-0.4, -0.2) is 18.2 Å². The molecule has 0 atom stereocenters. The first kappa shape index (κ1) is 8.63. The van der Waals surface area contributed by atoms with Crippen LogP contribution in [0.15, 0.2) is 23.1 Å². The number of hydrogen-bond donors (Lipinski definition) is 1. The predicted octanol–water partition coefficient (Wildman–Crippen LogP) is 1.83. The Morgan fingerprint density at radius 1 is 1.46 bits per heavy atom. The second-order valence-corrected chi connectivity index (χ2v) is 4.24. The molecule has 0 unspecified atom stereocenters. The highest BCUT2D eigenvalue weighted by Crippen LogP contribution is 2.25. The Labute approximate surface area is 81.7 Å². The zero-order valence-corrected chi connectivity index (χ0v) is 8.28. The lowest BCUT2D eigenvalue weighted by Crippen LogP contribution is -2.23. The van der Waals surface area contributed by atoms with Crippen molar-refractivity contribution in [1.29, 1.82) is 0 Å². The molecular weight excluding hydrogens is 182 g/mol. The lowest BCUT2D eigenvalue weighted by atomic mass is 10.1. The van der Waals surface area contributed by atoms with Crippen LogP contribution in [0.4, 0.5) is 0 Å². The van der Waals surface area contributed by atoms with E-state index in [1.165, 1.54) is 0 Å². The monoisotopic (exact) mass is 193 g/mol. The highest BCUT2D eigenvalue weighted by Gasteiger charge is 2.14. The molecular formula is C10H11NOS. The normalized spacial score (nSPS) is 15.9. The second kappa shape index (κ2) is 3.42. The Morgan fingerprint density at radius 2 is 2.31 bits per heavy atom. The van der Waals surface area contributed by atoms with Gasteiger partial charge in [0.05, 0.1) is 5.56 Å². The number of rotatable bonds is 0. The molecule has 1 N–H and O–H groups in total. The van der Waals surface area contributed by atoms with Crippen molar-refractivity contribution in [3.63, 3.8) is 0 Å². The highest BCUT2D eigenvalue weighted by atomic mass is 32.2. The maximum Gasteiger partial charge on any atom is 0.252 e. The summed E-state index contributed by atoms with van der Waals surface area (Å²) in [5, 5.41) is 2.87. The molecule has 0 bridgehead atoms. The van der Waals surface area contributed by atoms with E-state index in [2.05, 4.69) is 5.32 Å². The Balaban J connectivity index is 2.49. The van der Waals surface area contributed by atoms with E-state index >= 15 is 0 Å². The summed E-state index contributed by atoms with van der Waals surface area (Å²) in [6, 6.07) is 6.02. The van der Waals surface area contributed by atoms with Crippen LogP contribution in [0.2, 0.25) is 0 Å². The summed E-state index contributed by atoms with van der Waals surface area (Å²) in [6.07, 6.45) is 0. The van der Waals surface area contributed by atoms with E-state index in [9.17, 15) is 4.79 Å². The molecule has 0 saturated carbocycles. The van der Waals surface area contributed by atoms with Crippen LogP contribution in [0.5, 0.6) is 0 Å². The molecule has 1 aliphatic rings. The third-order valence-corrected chi connectivity index (χ3v) is 3.10. The summed E-state index contributed by atoms with van der Waals surface area (Å²) < 4.78 is 0.